The first-order valence-corrected chi connectivity index (χ1v) is 7.73. The molecule has 0 heterocycles. The zero-order valence-electron chi connectivity index (χ0n) is 12.8. The molecule has 1 atom stereocenters. The molecule has 0 saturated heterocycles. The molecule has 0 aliphatic heterocycles. The summed E-state index contributed by atoms with van der Waals surface area (Å²) in [5.74, 6) is 1.51. The van der Waals surface area contributed by atoms with Gasteiger partial charge in [0.2, 0.25) is 0 Å². The van der Waals surface area contributed by atoms with Gasteiger partial charge >= 0.3 is 0 Å². The molecule has 0 aromatic heterocycles. The molecule has 4 heteroatoms. The van der Waals surface area contributed by atoms with Crippen LogP contribution < -0.4 is 10.1 Å². The molecule has 1 saturated carbocycles. The summed E-state index contributed by atoms with van der Waals surface area (Å²) in [6.45, 7) is 4.78. The van der Waals surface area contributed by atoms with Crippen LogP contribution in [0.4, 0.5) is 0 Å². The molecular formula is C17H25NO3. The van der Waals surface area contributed by atoms with Gasteiger partial charge in [0.05, 0.1) is 24.8 Å². The highest BCUT2D eigenvalue weighted by Gasteiger charge is 2.23. The lowest BCUT2D eigenvalue weighted by molar-refractivity contribution is 0.0904. The van der Waals surface area contributed by atoms with Gasteiger partial charge in [-0.1, -0.05) is 26.0 Å². The number of carbonyl (C=O) groups is 1. The van der Waals surface area contributed by atoms with Crippen molar-refractivity contribution in [1.82, 2.24) is 5.32 Å². The van der Waals surface area contributed by atoms with Crippen LogP contribution in [0.25, 0.3) is 0 Å². The smallest absolute Gasteiger partial charge is 0.255 e. The van der Waals surface area contributed by atoms with Gasteiger partial charge in [0.15, 0.2) is 0 Å². The van der Waals surface area contributed by atoms with Crippen molar-refractivity contribution in [2.24, 2.45) is 11.8 Å². The Bertz CT molecular complexity index is 469. The van der Waals surface area contributed by atoms with Crippen LogP contribution in [-0.2, 0) is 0 Å². The highest BCUT2D eigenvalue weighted by molar-refractivity contribution is 5.97. The molecule has 0 bridgehead atoms. The minimum Gasteiger partial charge on any atom is -0.492 e. The Morgan fingerprint density at radius 2 is 2.10 bits per heavy atom. The van der Waals surface area contributed by atoms with Crippen LogP contribution in [0.2, 0.25) is 0 Å². The molecule has 1 aliphatic carbocycles. The van der Waals surface area contributed by atoms with Gasteiger partial charge in [-0.05, 0) is 43.2 Å². The van der Waals surface area contributed by atoms with Gasteiger partial charge in [-0.25, -0.2) is 0 Å². The molecule has 0 radical (unpaired) electrons. The summed E-state index contributed by atoms with van der Waals surface area (Å²) >= 11 is 0. The molecular weight excluding hydrogens is 266 g/mol. The van der Waals surface area contributed by atoms with E-state index in [1.807, 2.05) is 18.2 Å². The summed E-state index contributed by atoms with van der Waals surface area (Å²) in [4.78, 5) is 12.4. The Kier molecular flexibility index (Phi) is 5.62. The Morgan fingerprint density at radius 1 is 1.38 bits per heavy atom. The average Bonchev–Trinajstić information content (AvgIpc) is 3.28. The second-order valence-corrected chi connectivity index (χ2v) is 6.23. The third kappa shape index (κ3) is 5.05. The maximum atomic E-state index is 12.4. The summed E-state index contributed by atoms with van der Waals surface area (Å²) in [6, 6.07) is 7.08. The van der Waals surface area contributed by atoms with E-state index in [1.165, 1.54) is 12.8 Å². The Morgan fingerprint density at radius 3 is 2.71 bits per heavy atom. The number of amides is 1. The number of nitrogens with one attached hydrogen (secondary N) is 1. The summed E-state index contributed by atoms with van der Waals surface area (Å²) in [6.07, 6.45) is 3.19. The molecule has 2 N–H and O–H groups in total. The lowest BCUT2D eigenvalue weighted by Crippen LogP contribution is -2.38. The average molecular weight is 291 g/mol. The number of carbonyl (C=O) groups excluding carboxylic acids is 1. The summed E-state index contributed by atoms with van der Waals surface area (Å²) in [5, 5.41) is 12.3. The summed E-state index contributed by atoms with van der Waals surface area (Å²) in [5.41, 5.74) is 0.542. The van der Waals surface area contributed by atoms with E-state index < -0.39 is 0 Å². The number of hydrogen-bond acceptors (Lipinski definition) is 3. The van der Waals surface area contributed by atoms with Crippen LogP contribution in [0.5, 0.6) is 5.75 Å². The van der Waals surface area contributed by atoms with Crippen LogP contribution in [0.15, 0.2) is 24.3 Å². The van der Waals surface area contributed by atoms with Gasteiger partial charge in [-0.3, -0.25) is 4.79 Å². The molecule has 1 aromatic rings. The second kappa shape index (κ2) is 7.46. The van der Waals surface area contributed by atoms with E-state index in [2.05, 4.69) is 19.2 Å². The maximum Gasteiger partial charge on any atom is 0.255 e. The topological polar surface area (TPSA) is 58.6 Å². The maximum absolute atomic E-state index is 12.4. The third-order valence-corrected chi connectivity index (χ3v) is 3.61. The molecule has 4 nitrogen and oxygen atoms in total. The van der Waals surface area contributed by atoms with E-state index in [0.717, 1.165) is 6.42 Å². The van der Waals surface area contributed by atoms with Gasteiger partial charge in [0, 0.05) is 0 Å². The molecule has 1 unspecified atom stereocenters. The molecule has 2 rings (SSSR count). The monoisotopic (exact) mass is 291 g/mol. The molecule has 1 amide bonds. The first-order chi connectivity index (χ1) is 10.1. The van der Waals surface area contributed by atoms with E-state index in [-0.39, 0.29) is 18.6 Å². The number of ether oxygens (including phenoxy) is 1. The van der Waals surface area contributed by atoms with E-state index in [4.69, 9.17) is 4.74 Å². The van der Waals surface area contributed by atoms with Crippen LogP contribution in [-0.4, -0.2) is 30.3 Å². The van der Waals surface area contributed by atoms with Gasteiger partial charge in [0.25, 0.3) is 5.91 Å². The second-order valence-electron chi connectivity index (χ2n) is 6.23. The van der Waals surface area contributed by atoms with Crippen molar-refractivity contribution < 1.29 is 14.6 Å². The van der Waals surface area contributed by atoms with Crippen LogP contribution in [0, 0.1) is 11.8 Å². The predicted molar refractivity (Wildman–Crippen MR) is 82.5 cm³/mol. The first kappa shape index (κ1) is 15.8. The molecule has 116 valence electrons. The lowest BCUT2D eigenvalue weighted by Gasteiger charge is -2.19. The SMILES string of the molecule is CC(C)CC(CO)NC(=O)c1ccccc1OCC1CC1. The quantitative estimate of drug-likeness (QED) is 0.774. The predicted octanol–water partition coefficient (Wildman–Crippen LogP) is 2.61. The third-order valence-electron chi connectivity index (χ3n) is 3.61. The fraction of sp³-hybridized carbons (Fsp3) is 0.588. The van der Waals surface area contributed by atoms with Crippen molar-refractivity contribution in [3.05, 3.63) is 29.8 Å². The number of benzene rings is 1. The van der Waals surface area contributed by atoms with Crippen LogP contribution in [0.1, 0.15) is 43.5 Å². The number of hydrogen-bond donors (Lipinski definition) is 2. The van der Waals surface area contributed by atoms with Gasteiger partial charge in [0.1, 0.15) is 5.75 Å². The van der Waals surface area contributed by atoms with E-state index in [0.29, 0.717) is 29.8 Å². The lowest BCUT2D eigenvalue weighted by atomic mass is 10.0. The van der Waals surface area contributed by atoms with Crippen LogP contribution in [0.3, 0.4) is 0 Å². The van der Waals surface area contributed by atoms with Gasteiger partial charge < -0.3 is 15.2 Å². The molecule has 0 spiro atoms. The standard InChI is InChI=1S/C17H25NO3/c1-12(2)9-14(10-19)18-17(20)15-5-3-4-6-16(15)21-11-13-7-8-13/h3-6,12-14,19H,7-11H2,1-2H3,(H,18,20). The minimum atomic E-state index is -0.214. The van der Waals surface area contributed by atoms with Crippen molar-refractivity contribution in [1.29, 1.82) is 0 Å². The van der Waals surface area contributed by atoms with Gasteiger partial charge in [-0.2, -0.15) is 0 Å². The molecule has 21 heavy (non-hydrogen) atoms. The molecule has 1 fully saturated rings. The van der Waals surface area contributed by atoms with Crippen molar-refractivity contribution in [3.63, 3.8) is 0 Å². The van der Waals surface area contributed by atoms with Crippen LogP contribution >= 0.6 is 0 Å². The highest BCUT2D eigenvalue weighted by Crippen LogP contribution is 2.30. The van der Waals surface area contributed by atoms with E-state index >= 15 is 0 Å². The first-order valence-electron chi connectivity index (χ1n) is 7.73. The number of rotatable bonds is 8. The zero-order valence-corrected chi connectivity index (χ0v) is 12.8. The minimum absolute atomic E-state index is 0.0466. The molecule has 1 aliphatic rings. The van der Waals surface area contributed by atoms with Crippen molar-refractivity contribution in [2.45, 2.75) is 39.2 Å². The zero-order chi connectivity index (χ0) is 15.2. The van der Waals surface area contributed by atoms with E-state index in [9.17, 15) is 9.90 Å². The van der Waals surface area contributed by atoms with Crippen molar-refractivity contribution >= 4 is 5.91 Å². The molecule has 1 aromatic carbocycles. The number of aliphatic hydroxyl groups is 1. The van der Waals surface area contributed by atoms with Gasteiger partial charge in [-0.15, -0.1) is 0 Å². The summed E-state index contributed by atoms with van der Waals surface area (Å²) in [7, 11) is 0. The van der Waals surface area contributed by atoms with Crippen molar-refractivity contribution in [2.75, 3.05) is 13.2 Å². The largest absolute Gasteiger partial charge is 0.492 e. The Balaban J connectivity index is 1.99. The fourth-order valence-corrected chi connectivity index (χ4v) is 2.28. The number of para-hydroxylation sites is 1. The number of aliphatic hydroxyl groups excluding tert-OH is 1. The van der Waals surface area contributed by atoms with Crippen molar-refractivity contribution in [3.8, 4) is 5.75 Å². The summed E-state index contributed by atoms with van der Waals surface area (Å²) < 4.78 is 5.76. The highest BCUT2D eigenvalue weighted by atomic mass is 16.5. The van der Waals surface area contributed by atoms with E-state index in [1.54, 1.807) is 6.07 Å². The normalized spacial score (nSPS) is 15.8. The Hall–Kier alpha value is -1.55. The fourth-order valence-electron chi connectivity index (χ4n) is 2.28. The Labute approximate surface area is 126 Å².